The molecule has 0 spiro atoms. The number of ether oxygens (including phenoxy) is 1. The largest absolute Gasteiger partial charge is 0.493 e. The van der Waals surface area contributed by atoms with E-state index in [0.717, 1.165) is 24.7 Å². The van der Waals surface area contributed by atoms with Gasteiger partial charge in [0.05, 0.1) is 6.61 Å². The highest BCUT2D eigenvalue weighted by Gasteiger charge is 2.59. The summed E-state index contributed by atoms with van der Waals surface area (Å²) in [4.78, 5) is 0. The second-order valence-corrected chi connectivity index (χ2v) is 7.91. The van der Waals surface area contributed by atoms with Gasteiger partial charge in [-0.05, 0) is 59.8 Å². The van der Waals surface area contributed by atoms with Crippen LogP contribution in [0.4, 0.5) is 5.69 Å². The van der Waals surface area contributed by atoms with Crippen LogP contribution in [0.2, 0.25) is 0 Å². The molecule has 1 N–H and O–H groups in total. The fourth-order valence-electron chi connectivity index (χ4n) is 5.11. The number of hydrogen-bond donors (Lipinski definition) is 1. The Morgan fingerprint density at radius 1 is 1.25 bits per heavy atom. The molecule has 2 nitrogen and oxygen atoms in total. The van der Waals surface area contributed by atoms with Gasteiger partial charge in [-0.15, -0.1) is 0 Å². The zero-order valence-electron chi connectivity index (χ0n) is 12.8. The Labute approximate surface area is 121 Å². The molecule has 0 aromatic heterocycles. The maximum absolute atomic E-state index is 5.61. The molecule has 1 aliphatic heterocycles. The van der Waals surface area contributed by atoms with Crippen LogP contribution in [0.5, 0.6) is 5.75 Å². The summed E-state index contributed by atoms with van der Waals surface area (Å²) in [6.07, 6.45) is 5.25. The molecule has 3 atom stereocenters. The van der Waals surface area contributed by atoms with Gasteiger partial charge in [-0.25, -0.2) is 0 Å². The fraction of sp³-hybridized carbons (Fsp3) is 0.667. The third-order valence-corrected chi connectivity index (χ3v) is 6.27. The minimum atomic E-state index is 0.405. The number of fused-ring (bicyclic) bond motifs is 3. The standard InChI is InChI=1S/C18H25NO/c1-17(2)13-6-8-18(3,11-13)16(17)19-14-4-5-15-12(10-14)7-9-20-15/h4-5,10,13,16,19H,6-9,11H2,1-3H3/t13-,16?,18+/m0/s1. The Balaban J connectivity index is 1.62. The Morgan fingerprint density at radius 2 is 2.10 bits per heavy atom. The summed E-state index contributed by atoms with van der Waals surface area (Å²) in [5.41, 5.74) is 3.52. The van der Waals surface area contributed by atoms with Gasteiger partial charge in [0.2, 0.25) is 0 Å². The average molecular weight is 271 g/mol. The van der Waals surface area contributed by atoms with Crippen LogP contribution in [-0.2, 0) is 6.42 Å². The van der Waals surface area contributed by atoms with Crippen molar-refractivity contribution in [2.75, 3.05) is 11.9 Å². The smallest absolute Gasteiger partial charge is 0.122 e. The number of hydrogen-bond acceptors (Lipinski definition) is 2. The van der Waals surface area contributed by atoms with Crippen molar-refractivity contribution in [1.82, 2.24) is 0 Å². The molecule has 0 radical (unpaired) electrons. The number of rotatable bonds is 2. The highest BCUT2D eigenvalue weighted by molar-refractivity contribution is 5.53. The first-order valence-corrected chi connectivity index (χ1v) is 8.01. The molecule has 108 valence electrons. The fourth-order valence-corrected chi connectivity index (χ4v) is 5.11. The lowest BCUT2D eigenvalue weighted by molar-refractivity contribution is 0.155. The lowest BCUT2D eigenvalue weighted by Gasteiger charge is -2.43. The lowest BCUT2D eigenvalue weighted by Crippen LogP contribution is -2.45. The van der Waals surface area contributed by atoms with Gasteiger partial charge in [0.15, 0.2) is 0 Å². The van der Waals surface area contributed by atoms with Crippen LogP contribution in [-0.4, -0.2) is 12.6 Å². The van der Waals surface area contributed by atoms with Crippen LogP contribution >= 0.6 is 0 Å². The van der Waals surface area contributed by atoms with E-state index in [9.17, 15) is 0 Å². The lowest BCUT2D eigenvalue weighted by atomic mass is 9.68. The first-order valence-electron chi connectivity index (χ1n) is 8.01. The van der Waals surface area contributed by atoms with Gasteiger partial charge in [0.1, 0.15) is 5.75 Å². The van der Waals surface area contributed by atoms with Crippen molar-refractivity contribution in [3.63, 3.8) is 0 Å². The molecule has 2 aliphatic carbocycles. The van der Waals surface area contributed by atoms with E-state index in [1.165, 1.54) is 30.5 Å². The van der Waals surface area contributed by atoms with E-state index in [0.29, 0.717) is 16.9 Å². The summed E-state index contributed by atoms with van der Waals surface area (Å²) in [5.74, 6) is 1.97. The van der Waals surface area contributed by atoms with E-state index in [-0.39, 0.29) is 0 Å². The third-order valence-electron chi connectivity index (χ3n) is 6.27. The molecule has 3 aliphatic rings. The number of anilines is 1. The Bertz CT molecular complexity index is 546. The van der Waals surface area contributed by atoms with Crippen LogP contribution in [0.1, 0.15) is 45.6 Å². The molecular weight excluding hydrogens is 246 g/mol. The van der Waals surface area contributed by atoms with Gasteiger partial charge in [-0.3, -0.25) is 0 Å². The Kier molecular flexibility index (Phi) is 2.47. The summed E-state index contributed by atoms with van der Waals surface area (Å²) < 4.78 is 5.61. The summed E-state index contributed by atoms with van der Waals surface area (Å²) in [5, 5.41) is 3.88. The van der Waals surface area contributed by atoms with Crippen molar-refractivity contribution in [1.29, 1.82) is 0 Å². The van der Waals surface area contributed by atoms with Crippen molar-refractivity contribution >= 4 is 5.69 Å². The summed E-state index contributed by atoms with van der Waals surface area (Å²) in [6, 6.07) is 7.21. The van der Waals surface area contributed by atoms with Crippen molar-refractivity contribution < 1.29 is 4.74 Å². The van der Waals surface area contributed by atoms with Gasteiger partial charge in [-0.1, -0.05) is 20.8 Å². The van der Waals surface area contributed by atoms with E-state index >= 15 is 0 Å². The molecule has 0 amide bonds. The Morgan fingerprint density at radius 3 is 2.85 bits per heavy atom. The van der Waals surface area contributed by atoms with Crippen LogP contribution in [0.15, 0.2) is 18.2 Å². The molecule has 1 aromatic rings. The number of nitrogens with one attached hydrogen (secondary N) is 1. The third kappa shape index (κ3) is 1.63. The molecule has 4 rings (SSSR count). The first kappa shape index (κ1) is 12.6. The van der Waals surface area contributed by atoms with Crippen LogP contribution in [0, 0.1) is 16.7 Å². The molecule has 2 fully saturated rings. The van der Waals surface area contributed by atoms with Gasteiger partial charge in [-0.2, -0.15) is 0 Å². The maximum Gasteiger partial charge on any atom is 0.122 e. The summed E-state index contributed by atoms with van der Waals surface area (Å²) in [6.45, 7) is 8.23. The van der Waals surface area contributed by atoms with Crippen molar-refractivity contribution in [3.05, 3.63) is 23.8 Å². The predicted octanol–water partition coefficient (Wildman–Crippen LogP) is 4.25. The Hall–Kier alpha value is -1.18. The van der Waals surface area contributed by atoms with Gasteiger partial charge >= 0.3 is 0 Å². The van der Waals surface area contributed by atoms with Gasteiger partial charge in [0, 0.05) is 18.2 Å². The second kappa shape index (κ2) is 3.93. The van der Waals surface area contributed by atoms with Crippen molar-refractivity contribution in [2.24, 2.45) is 16.7 Å². The zero-order valence-corrected chi connectivity index (χ0v) is 12.8. The van der Waals surface area contributed by atoms with Crippen LogP contribution in [0.25, 0.3) is 0 Å². The molecule has 20 heavy (non-hydrogen) atoms. The van der Waals surface area contributed by atoms with E-state index < -0.39 is 0 Å². The molecule has 1 heterocycles. The van der Waals surface area contributed by atoms with Gasteiger partial charge in [0.25, 0.3) is 0 Å². The first-order chi connectivity index (χ1) is 9.49. The molecule has 0 saturated heterocycles. The van der Waals surface area contributed by atoms with E-state index in [2.05, 4.69) is 44.3 Å². The van der Waals surface area contributed by atoms with Crippen molar-refractivity contribution in [2.45, 2.75) is 52.5 Å². The maximum atomic E-state index is 5.61. The molecular formula is C18H25NO. The quantitative estimate of drug-likeness (QED) is 0.868. The summed E-state index contributed by atoms with van der Waals surface area (Å²) >= 11 is 0. The highest BCUT2D eigenvalue weighted by Crippen LogP contribution is 2.63. The topological polar surface area (TPSA) is 21.3 Å². The van der Waals surface area contributed by atoms with Crippen LogP contribution in [0.3, 0.4) is 0 Å². The minimum Gasteiger partial charge on any atom is -0.493 e. The predicted molar refractivity (Wildman–Crippen MR) is 82.3 cm³/mol. The van der Waals surface area contributed by atoms with Gasteiger partial charge < -0.3 is 10.1 Å². The van der Waals surface area contributed by atoms with Crippen molar-refractivity contribution in [3.8, 4) is 5.75 Å². The van der Waals surface area contributed by atoms with Crippen LogP contribution < -0.4 is 10.1 Å². The highest BCUT2D eigenvalue weighted by atomic mass is 16.5. The monoisotopic (exact) mass is 271 g/mol. The molecule has 1 unspecified atom stereocenters. The second-order valence-electron chi connectivity index (χ2n) is 7.91. The zero-order chi connectivity index (χ0) is 14.0. The van der Waals surface area contributed by atoms with E-state index in [1.807, 2.05) is 0 Å². The normalized spacial score (nSPS) is 36.8. The molecule has 2 saturated carbocycles. The summed E-state index contributed by atoms with van der Waals surface area (Å²) in [7, 11) is 0. The molecule has 1 aromatic carbocycles. The molecule has 2 heteroatoms. The average Bonchev–Trinajstić information content (AvgIpc) is 3.05. The number of benzene rings is 1. The van der Waals surface area contributed by atoms with E-state index in [4.69, 9.17) is 4.74 Å². The minimum absolute atomic E-state index is 0.405. The molecule has 2 bridgehead atoms. The van der Waals surface area contributed by atoms with E-state index in [1.54, 1.807) is 0 Å². The SMILES string of the molecule is CC1(C)C(Nc2ccc3c(c2)CCO3)[C@]2(C)CC[C@H]1C2.